The second-order valence-electron chi connectivity index (χ2n) is 7.82. The summed E-state index contributed by atoms with van der Waals surface area (Å²) in [5.41, 5.74) is 13.5. The number of aromatic hydroxyl groups is 1. The van der Waals surface area contributed by atoms with Gasteiger partial charge in [-0.3, -0.25) is 0 Å². The standard InChI is InChI=1S/C16H19O.C10H13O.Fe/c1-10-11(2)13(4)15(12(10)3)9-14-7-5-6-8-16(14)17;1-6-7(2)9(4)10(5-11)8(6)3;/h5-8,17H,9H2,1-4H3;5H,1-4H3;/q-5;-1;. The summed E-state index contributed by atoms with van der Waals surface area (Å²) >= 11 is 0. The number of hydrogen-bond acceptors (Lipinski definition) is 2. The molecule has 3 aromatic carbocycles. The predicted octanol–water partition coefficient (Wildman–Crippen LogP) is 6.38. The van der Waals surface area contributed by atoms with E-state index in [9.17, 15) is 9.90 Å². The Morgan fingerprint density at radius 1 is 0.862 bits per heavy atom. The van der Waals surface area contributed by atoms with Crippen LogP contribution in [0, 0.1) is 55.4 Å². The molecule has 1 N–H and O–H groups in total. The first-order valence-electron chi connectivity index (χ1n) is 9.78. The van der Waals surface area contributed by atoms with Crippen molar-refractivity contribution in [1.82, 2.24) is 0 Å². The van der Waals surface area contributed by atoms with E-state index in [0.29, 0.717) is 5.75 Å². The molecular weight excluding hydrogens is 400 g/mol. The zero-order valence-corrected chi connectivity index (χ0v) is 19.9. The quantitative estimate of drug-likeness (QED) is 0.296. The third kappa shape index (κ3) is 4.91. The van der Waals surface area contributed by atoms with Gasteiger partial charge in [-0.15, -0.1) is 5.56 Å². The molecule has 29 heavy (non-hydrogen) atoms. The topological polar surface area (TPSA) is 37.3 Å². The van der Waals surface area contributed by atoms with Crippen molar-refractivity contribution >= 4 is 6.29 Å². The van der Waals surface area contributed by atoms with Crippen molar-refractivity contribution in [2.45, 2.75) is 61.8 Å². The number of para-hydroxylation sites is 1. The SMILES string of the molecule is C[c-]1[c-](C)[c-](C)[c-](Cc2ccccc2O)[c-]1C.Cc1c(C=O)c(C)[c-](C)c1C.[Fe]. The molecule has 0 fully saturated rings. The number of benzene rings is 1. The van der Waals surface area contributed by atoms with Crippen LogP contribution < -0.4 is 0 Å². The van der Waals surface area contributed by atoms with Crippen LogP contribution in [0.5, 0.6) is 5.75 Å². The smallest absolute Gasteiger partial charge is 0.116 e. The van der Waals surface area contributed by atoms with Gasteiger partial charge in [0.2, 0.25) is 0 Å². The second-order valence-corrected chi connectivity index (χ2v) is 7.82. The minimum absolute atomic E-state index is 0. The molecular formula is C26H32FeO2-6. The van der Waals surface area contributed by atoms with Crippen LogP contribution in [0.2, 0.25) is 0 Å². The van der Waals surface area contributed by atoms with Crippen molar-refractivity contribution in [2.75, 3.05) is 0 Å². The Morgan fingerprint density at radius 2 is 1.38 bits per heavy atom. The zero-order chi connectivity index (χ0) is 21.2. The summed E-state index contributed by atoms with van der Waals surface area (Å²) in [5, 5.41) is 9.83. The van der Waals surface area contributed by atoms with E-state index in [2.05, 4.69) is 41.5 Å². The van der Waals surface area contributed by atoms with Gasteiger partial charge < -0.3 is 37.7 Å². The van der Waals surface area contributed by atoms with Crippen LogP contribution in [0.4, 0.5) is 0 Å². The van der Waals surface area contributed by atoms with Gasteiger partial charge in [-0.1, -0.05) is 45.9 Å². The third-order valence-electron chi connectivity index (χ3n) is 6.57. The van der Waals surface area contributed by atoms with Crippen molar-refractivity contribution < 1.29 is 27.0 Å². The van der Waals surface area contributed by atoms with Crippen LogP contribution in [0.25, 0.3) is 0 Å². The average molecular weight is 432 g/mol. The maximum atomic E-state index is 10.6. The molecule has 0 aliphatic carbocycles. The van der Waals surface area contributed by atoms with Crippen LogP contribution in [0.1, 0.15) is 66.0 Å². The van der Waals surface area contributed by atoms with Crippen molar-refractivity contribution in [3.05, 3.63) is 85.5 Å². The van der Waals surface area contributed by atoms with Crippen LogP contribution in [-0.4, -0.2) is 11.4 Å². The van der Waals surface area contributed by atoms with Crippen molar-refractivity contribution in [3.63, 3.8) is 0 Å². The Morgan fingerprint density at radius 3 is 1.76 bits per heavy atom. The number of carbonyl (C=O) groups excluding carboxylic acids is 1. The van der Waals surface area contributed by atoms with Gasteiger partial charge in [0.1, 0.15) is 5.75 Å². The molecule has 3 heteroatoms. The largest absolute Gasteiger partial charge is 0.731 e. The Balaban J connectivity index is 0.000000306. The Labute approximate surface area is 186 Å². The minimum atomic E-state index is 0. The molecule has 0 unspecified atom stereocenters. The molecule has 0 amide bonds. The molecule has 3 aromatic rings. The van der Waals surface area contributed by atoms with E-state index in [1.807, 2.05) is 32.0 Å². The molecule has 0 aliphatic heterocycles. The summed E-state index contributed by atoms with van der Waals surface area (Å²) in [6.07, 6.45) is 1.77. The van der Waals surface area contributed by atoms with E-state index < -0.39 is 0 Å². The summed E-state index contributed by atoms with van der Waals surface area (Å²) in [5.74, 6) is 0.391. The van der Waals surface area contributed by atoms with E-state index in [-0.39, 0.29) is 17.1 Å². The molecule has 0 heterocycles. The molecule has 0 atom stereocenters. The zero-order valence-electron chi connectivity index (χ0n) is 18.8. The summed E-state index contributed by atoms with van der Waals surface area (Å²) in [6.45, 7) is 16.8. The van der Waals surface area contributed by atoms with Gasteiger partial charge in [0.25, 0.3) is 0 Å². The number of rotatable bonds is 3. The van der Waals surface area contributed by atoms with Crippen LogP contribution in [-0.2, 0) is 23.5 Å². The van der Waals surface area contributed by atoms with Gasteiger partial charge in [-0.2, -0.15) is 28.7 Å². The van der Waals surface area contributed by atoms with Crippen LogP contribution in [0.15, 0.2) is 24.3 Å². The molecule has 0 saturated heterocycles. The number of aldehydes is 1. The maximum absolute atomic E-state index is 10.6. The minimum Gasteiger partial charge on any atom is -0.731 e. The molecule has 0 aliphatic rings. The second kappa shape index (κ2) is 10.1. The monoisotopic (exact) mass is 432 g/mol. The van der Waals surface area contributed by atoms with Crippen LogP contribution >= 0.6 is 0 Å². The molecule has 3 rings (SSSR count). The summed E-state index contributed by atoms with van der Waals surface area (Å²) in [6, 6.07) is 7.58. The fourth-order valence-corrected chi connectivity index (χ4v) is 3.84. The fourth-order valence-electron chi connectivity index (χ4n) is 3.84. The van der Waals surface area contributed by atoms with Gasteiger partial charge in [-0.05, 0) is 11.6 Å². The molecule has 162 valence electrons. The first-order chi connectivity index (χ1) is 13.1. The average Bonchev–Trinajstić information content (AvgIpc) is 2.98. The molecule has 0 radical (unpaired) electrons. The third-order valence-corrected chi connectivity index (χ3v) is 6.57. The van der Waals surface area contributed by atoms with E-state index in [1.54, 1.807) is 6.07 Å². The predicted molar refractivity (Wildman–Crippen MR) is 118 cm³/mol. The van der Waals surface area contributed by atoms with Gasteiger partial charge in [0.15, 0.2) is 0 Å². The Bertz CT molecular complexity index is 952. The number of hydrogen-bond donors (Lipinski definition) is 1. The van der Waals surface area contributed by atoms with Gasteiger partial charge in [0, 0.05) is 17.1 Å². The number of carbonyl (C=O) groups is 1. The summed E-state index contributed by atoms with van der Waals surface area (Å²) in [7, 11) is 0. The molecule has 0 aromatic heterocycles. The molecule has 0 bridgehead atoms. The Hall–Kier alpha value is -2.09. The normalized spacial score (nSPS) is 10.2. The Kier molecular flexibility index (Phi) is 8.68. The van der Waals surface area contributed by atoms with Gasteiger partial charge in [-0.25, -0.2) is 27.7 Å². The van der Waals surface area contributed by atoms with Crippen LogP contribution in [0.3, 0.4) is 0 Å². The van der Waals surface area contributed by atoms with Gasteiger partial charge in [0.05, 0.1) is 6.29 Å². The number of phenolic OH excluding ortho intramolecular Hbond substituents is 1. The van der Waals surface area contributed by atoms with E-state index in [4.69, 9.17) is 0 Å². The molecule has 0 spiro atoms. The van der Waals surface area contributed by atoms with Crippen molar-refractivity contribution in [2.24, 2.45) is 0 Å². The first-order valence-corrected chi connectivity index (χ1v) is 9.78. The summed E-state index contributed by atoms with van der Waals surface area (Å²) in [4.78, 5) is 10.6. The molecule has 0 saturated carbocycles. The number of phenols is 1. The van der Waals surface area contributed by atoms with E-state index in [0.717, 1.165) is 35.0 Å². The summed E-state index contributed by atoms with van der Waals surface area (Å²) < 4.78 is 0. The molecule has 2 nitrogen and oxygen atoms in total. The van der Waals surface area contributed by atoms with Crippen molar-refractivity contribution in [3.8, 4) is 5.75 Å². The maximum Gasteiger partial charge on any atom is 0.116 e. The van der Waals surface area contributed by atoms with E-state index in [1.165, 1.54) is 38.9 Å². The van der Waals surface area contributed by atoms with Crippen molar-refractivity contribution in [1.29, 1.82) is 0 Å². The first kappa shape index (κ1) is 24.9. The fraction of sp³-hybridized carbons (Fsp3) is 0.346. The van der Waals surface area contributed by atoms with E-state index >= 15 is 0 Å². The van der Waals surface area contributed by atoms with Gasteiger partial charge >= 0.3 is 0 Å².